The number of carbonyl (C=O) groups is 2. The monoisotopic (exact) mass is 312 g/mol. The molecule has 0 aliphatic carbocycles. The first-order chi connectivity index (χ1) is 9.58. The molecule has 0 amide bonds. The number of rotatable bonds is 4. The summed E-state index contributed by atoms with van der Waals surface area (Å²) in [5.74, 6) is -2.20. The Balaban J connectivity index is 0.000000364. The van der Waals surface area contributed by atoms with Crippen LogP contribution in [-0.4, -0.2) is 59.6 Å². The number of hydrogen-bond acceptors (Lipinski definition) is 6. The van der Waals surface area contributed by atoms with Crippen molar-refractivity contribution in [2.24, 2.45) is 0 Å². The second-order valence-electron chi connectivity index (χ2n) is 3.74. The molecular formula is C14H12CaN2O4. The van der Waals surface area contributed by atoms with Crippen LogP contribution in [0.15, 0.2) is 48.8 Å². The van der Waals surface area contributed by atoms with Crippen molar-refractivity contribution in [2.45, 2.75) is 12.8 Å². The van der Waals surface area contributed by atoms with Crippen molar-refractivity contribution in [3.8, 4) is 0 Å². The zero-order valence-corrected chi connectivity index (χ0v) is 13.5. The molecule has 0 saturated carbocycles. The molecular weight excluding hydrogens is 300 g/mol. The number of nitrogens with zero attached hydrogens (tertiary/aromatic N) is 2. The number of aromatic nitrogens is 2. The summed E-state index contributed by atoms with van der Waals surface area (Å²) in [6.45, 7) is 0. The minimum Gasteiger partial charge on any atom is -0.550 e. The van der Waals surface area contributed by atoms with E-state index in [1.165, 1.54) is 0 Å². The van der Waals surface area contributed by atoms with E-state index in [1.807, 2.05) is 0 Å². The van der Waals surface area contributed by atoms with Gasteiger partial charge >= 0.3 is 37.7 Å². The Morgan fingerprint density at radius 2 is 1.19 bits per heavy atom. The first-order valence-corrected chi connectivity index (χ1v) is 5.77. The Hall–Kier alpha value is -1.50. The summed E-state index contributed by atoms with van der Waals surface area (Å²) in [6.07, 6.45) is 2.89. The molecule has 0 radical (unpaired) electrons. The van der Waals surface area contributed by atoms with Crippen molar-refractivity contribution in [1.82, 2.24) is 9.97 Å². The molecule has 6 nitrogen and oxygen atoms in total. The molecule has 0 N–H and O–H groups in total. The van der Waals surface area contributed by atoms with Crippen LogP contribution in [0.5, 0.6) is 0 Å². The summed E-state index contributed by atoms with van der Waals surface area (Å²) in [4.78, 5) is 27.6. The fourth-order valence-electron chi connectivity index (χ4n) is 1.30. The van der Waals surface area contributed by atoms with Crippen LogP contribution in [-0.2, 0) is 22.4 Å². The fourth-order valence-corrected chi connectivity index (χ4v) is 1.30. The van der Waals surface area contributed by atoms with Crippen LogP contribution in [0.4, 0.5) is 0 Å². The van der Waals surface area contributed by atoms with E-state index in [0.717, 1.165) is 0 Å². The van der Waals surface area contributed by atoms with Gasteiger partial charge in [-0.1, -0.05) is 12.1 Å². The molecule has 0 bridgehead atoms. The quantitative estimate of drug-likeness (QED) is 0.627. The van der Waals surface area contributed by atoms with Gasteiger partial charge in [0.15, 0.2) is 0 Å². The molecule has 0 aliphatic heterocycles. The van der Waals surface area contributed by atoms with Crippen LogP contribution in [0.3, 0.4) is 0 Å². The second-order valence-corrected chi connectivity index (χ2v) is 3.74. The predicted octanol–water partition coefficient (Wildman–Crippen LogP) is -1.63. The number of aliphatic carboxylic acids is 2. The molecule has 2 aromatic heterocycles. The maximum Gasteiger partial charge on any atom is 2.00 e. The third kappa shape index (κ3) is 9.95. The van der Waals surface area contributed by atoms with Gasteiger partial charge in [-0.2, -0.15) is 0 Å². The first-order valence-electron chi connectivity index (χ1n) is 5.77. The Kier molecular flexibility index (Phi) is 10.4. The van der Waals surface area contributed by atoms with Crippen LogP contribution < -0.4 is 10.2 Å². The van der Waals surface area contributed by atoms with Crippen LogP contribution in [0.2, 0.25) is 0 Å². The maximum atomic E-state index is 10.0. The Morgan fingerprint density at radius 1 is 0.810 bits per heavy atom. The third-order valence-corrected chi connectivity index (χ3v) is 2.10. The molecule has 0 unspecified atom stereocenters. The van der Waals surface area contributed by atoms with Crippen molar-refractivity contribution in [3.05, 3.63) is 60.2 Å². The standard InChI is InChI=1S/2C7H7NO2.Ca/c2*9-7(10)5-6-3-1-2-4-8-6;/h2*1-4H,5H2,(H,9,10);/q;;+2/p-2. The molecule has 2 aromatic rings. The molecule has 0 spiro atoms. The van der Waals surface area contributed by atoms with Gasteiger partial charge in [0.25, 0.3) is 0 Å². The van der Waals surface area contributed by atoms with E-state index in [0.29, 0.717) is 11.4 Å². The van der Waals surface area contributed by atoms with Gasteiger partial charge in [-0.05, 0) is 24.3 Å². The van der Waals surface area contributed by atoms with E-state index in [-0.39, 0.29) is 50.6 Å². The normalized spacial score (nSPS) is 8.76. The Labute approximate surface area is 151 Å². The molecule has 0 saturated heterocycles. The smallest absolute Gasteiger partial charge is 0.550 e. The molecule has 2 rings (SSSR count). The number of carboxylic acid groups (broad SMARTS) is 2. The molecule has 0 atom stereocenters. The van der Waals surface area contributed by atoms with Gasteiger partial charge in [-0.25, -0.2) is 0 Å². The van der Waals surface area contributed by atoms with Gasteiger partial charge in [0, 0.05) is 48.6 Å². The fraction of sp³-hybridized carbons (Fsp3) is 0.143. The molecule has 7 heteroatoms. The van der Waals surface area contributed by atoms with Crippen LogP contribution in [0.1, 0.15) is 11.4 Å². The molecule has 0 aromatic carbocycles. The first kappa shape index (κ1) is 19.5. The third-order valence-electron chi connectivity index (χ3n) is 2.10. The van der Waals surface area contributed by atoms with Gasteiger partial charge in [-0.15, -0.1) is 0 Å². The average Bonchev–Trinajstić information content (AvgIpc) is 2.40. The van der Waals surface area contributed by atoms with Crippen molar-refractivity contribution in [2.75, 3.05) is 0 Å². The van der Waals surface area contributed by atoms with E-state index in [4.69, 9.17) is 0 Å². The van der Waals surface area contributed by atoms with Crippen molar-refractivity contribution < 1.29 is 19.8 Å². The maximum absolute atomic E-state index is 10.0. The van der Waals surface area contributed by atoms with Crippen molar-refractivity contribution >= 4 is 49.7 Å². The number of carboxylic acids is 2. The van der Waals surface area contributed by atoms with E-state index < -0.39 is 11.9 Å². The van der Waals surface area contributed by atoms with Crippen molar-refractivity contribution in [1.29, 1.82) is 0 Å². The van der Waals surface area contributed by atoms with Crippen molar-refractivity contribution in [3.63, 3.8) is 0 Å². The van der Waals surface area contributed by atoms with Crippen LogP contribution in [0, 0.1) is 0 Å². The van der Waals surface area contributed by atoms with Gasteiger partial charge in [0.1, 0.15) is 0 Å². The molecule has 0 aliphatic rings. The summed E-state index contributed by atoms with van der Waals surface area (Å²) >= 11 is 0. The SMILES string of the molecule is O=C([O-])Cc1ccccn1.O=C([O-])Cc1ccccn1.[Ca+2]. The summed E-state index contributed by atoms with van der Waals surface area (Å²) in [7, 11) is 0. The van der Waals surface area contributed by atoms with Crippen LogP contribution >= 0.6 is 0 Å². The zero-order chi connectivity index (χ0) is 14.8. The molecule has 0 fully saturated rings. The van der Waals surface area contributed by atoms with E-state index in [1.54, 1.807) is 48.8 Å². The number of pyridine rings is 2. The second kappa shape index (κ2) is 11.2. The predicted molar refractivity (Wildman–Crippen MR) is 71.7 cm³/mol. The average molecular weight is 312 g/mol. The van der Waals surface area contributed by atoms with E-state index in [2.05, 4.69) is 9.97 Å². The Morgan fingerprint density at radius 3 is 1.43 bits per heavy atom. The number of hydrogen-bond donors (Lipinski definition) is 0. The largest absolute Gasteiger partial charge is 2.00 e. The minimum atomic E-state index is -1.10. The summed E-state index contributed by atoms with van der Waals surface area (Å²) < 4.78 is 0. The van der Waals surface area contributed by atoms with E-state index in [9.17, 15) is 19.8 Å². The zero-order valence-electron chi connectivity index (χ0n) is 11.3. The summed E-state index contributed by atoms with van der Waals surface area (Å²) in [5.41, 5.74) is 1.06. The molecule has 2 heterocycles. The topological polar surface area (TPSA) is 106 Å². The van der Waals surface area contributed by atoms with Crippen LogP contribution in [0.25, 0.3) is 0 Å². The van der Waals surface area contributed by atoms with Gasteiger partial charge in [0.2, 0.25) is 0 Å². The number of carbonyl (C=O) groups excluding carboxylic acids is 2. The molecule has 21 heavy (non-hydrogen) atoms. The summed E-state index contributed by atoms with van der Waals surface area (Å²) in [5, 5.41) is 20.0. The Bertz CT molecular complexity index is 498. The molecule has 104 valence electrons. The van der Waals surface area contributed by atoms with Gasteiger partial charge in [0.05, 0.1) is 0 Å². The minimum absolute atomic E-state index is 0. The van der Waals surface area contributed by atoms with E-state index >= 15 is 0 Å². The summed E-state index contributed by atoms with van der Waals surface area (Å²) in [6, 6.07) is 10.2. The van der Waals surface area contributed by atoms with Gasteiger partial charge < -0.3 is 19.8 Å². The van der Waals surface area contributed by atoms with Gasteiger partial charge in [-0.3, -0.25) is 9.97 Å².